The Balaban J connectivity index is 2.66. The smallest absolute Gasteiger partial charge is 0.260 e. The summed E-state index contributed by atoms with van der Waals surface area (Å²) < 4.78 is 7.80. The summed E-state index contributed by atoms with van der Waals surface area (Å²) in [5.74, 6) is -0.0759. The van der Waals surface area contributed by atoms with E-state index in [1.807, 2.05) is 41.7 Å². The highest BCUT2D eigenvalue weighted by Crippen LogP contribution is 2.35. The summed E-state index contributed by atoms with van der Waals surface area (Å²) in [5, 5.41) is 12.9. The number of aliphatic hydroxyl groups is 1. The van der Waals surface area contributed by atoms with Crippen molar-refractivity contribution in [1.29, 1.82) is 0 Å². The first-order valence-corrected chi connectivity index (χ1v) is 8.00. The molecule has 4 heteroatoms. The minimum absolute atomic E-state index is 0.0445. The molecule has 0 saturated heterocycles. The first-order chi connectivity index (χ1) is 11.3. The van der Waals surface area contributed by atoms with Crippen LogP contribution in [0.25, 0.3) is 0 Å². The van der Waals surface area contributed by atoms with Gasteiger partial charge in [-0.2, -0.15) is 0 Å². The van der Waals surface area contributed by atoms with Gasteiger partial charge in [-0.3, -0.25) is 4.79 Å². The lowest BCUT2D eigenvalue weighted by Gasteiger charge is -2.28. The van der Waals surface area contributed by atoms with Gasteiger partial charge in [-0.25, -0.2) is 0 Å². The molecule has 1 aromatic carbocycles. The normalized spacial score (nSPS) is 18.5. The summed E-state index contributed by atoms with van der Waals surface area (Å²) in [4.78, 5) is 15.1. The monoisotopic (exact) mass is 317 g/mol. The highest BCUT2D eigenvalue weighted by atomic mass is 16.3. The van der Waals surface area contributed by atoms with Crippen LogP contribution >= 0.6 is 0 Å². The van der Waals surface area contributed by atoms with Crippen molar-refractivity contribution in [3.05, 3.63) is 39.1 Å². The summed E-state index contributed by atoms with van der Waals surface area (Å²) in [6.45, 7) is 9.98. The van der Waals surface area contributed by atoms with Crippen LogP contribution in [0.2, 0.25) is 0 Å². The number of anilines is 1. The van der Waals surface area contributed by atoms with Gasteiger partial charge in [0, 0.05) is 14.1 Å². The average Bonchev–Trinajstić information content (AvgIpc) is 2.85. The third-order valence-corrected chi connectivity index (χ3v) is 5.25. The summed E-state index contributed by atoms with van der Waals surface area (Å²) in [6, 6.07) is -0.196. The van der Waals surface area contributed by atoms with Crippen LogP contribution in [0, 0.1) is 27.7 Å². The van der Waals surface area contributed by atoms with E-state index >= 15 is 0 Å². The standard InChI is InChI=1S/C19H28N2O2/c1-10-8-16(9-22)21(15(10)6)19(23)17-13(4)11(2)12(3)14(5)18(17)20-7/h16,20,22H,8-9H2,1-7H3/t16-/m0/s1/i3D. The van der Waals surface area contributed by atoms with Crippen molar-refractivity contribution < 1.29 is 11.3 Å². The third-order valence-electron chi connectivity index (χ3n) is 5.25. The van der Waals surface area contributed by atoms with E-state index in [9.17, 15) is 9.90 Å². The zero-order valence-electron chi connectivity index (χ0n) is 16.0. The van der Waals surface area contributed by atoms with Gasteiger partial charge in [-0.05, 0) is 70.2 Å². The van der Waals surface area contributed by atoms with Crippen molar-refractivity contribution >= 4 is 11.6 Å². The topological polar surface area (TPSA) is 52.6 Å². The molecule has 126 valence electrons. The molecule has 1 amide bonds. The second-order valence-electron chi connectivity index (χ2n) is 6.43. The molecular weight excluding hydrogens is 288 g/mol. The quantitative estimate of drug-likeness (QED) is 0.897. The Morgan fingerprint density at radius 3 is 2.39 bits per heavy atom. The van der Waals surface area contributed by atoms with Crippen LogP contribution in [0.1, 0.15) is 54.3 Å². The number of hydrogen-bond acceptors (Lipinski definition) is 3. The zero-order chi connectivity index (χ0) is 18.2. The number of aliphatic hydroxyl groups excluding tert-OH is 1. The Hall–Kier alpha value is -1.81. The fraction of sp³-hybridized carbons (Fsp3) is 0.526. The molecule has 0 radical (unpaired) electrons. The number of rotatable bonds is 3. The predicted molar refractivity (Wildman–Crippen MR) is 95.0 cm³/mol. The predicted octanol–water partition coefficient (Wildman–Crippen LogP) is 3.46. The summed E-state index contributed by atoms with van der Waals surface area (Å²) in [6.07, 6.45) is 0.713. The van der Waals surface area contributed by atoms with E-state index in [1.54, 1.807) is 4.90 Å². The van der Waals surface area contributed by atoms with Crippen LogP contribution in [0.3, 0.4) is 0 Å². The highest BCUT2D eigenvalue weighted by Gasteiger charge is 2.34. The summed E-state index contributed by atoms with van der Waals surface area (Å²) in [5.41, 5.74) is 7.35. The van der Waals surface area contributed by atoms with Gasteiger partial charge in [0.25, 0.3) is 5.91 Å². The van der Waals surface area contributed by atoms with E-state index in [-0.39, 0.29) is 25.5 Å². The maximum atomic E-state index is 13.4. The van der Waals surface area contributed by atoms with Gasteiger partial charge in [-0.1, -0.05) is 5.57 Å². The minimum atomic E-state index is -0.196. The van der Waals surface area contributed by atoms with Crippen LogP contribution in [0.4, 0.5) is 5.69 Å². The van der Waals surface area contributed by atoms with E-state index in [0.29, 0.717) is 12.0 Å². The number of hydrogen-bond donors (Lipinski definition) is 2. The first kappa shape index (κ1) is 16.1. The molecule has 2 N–H and O–H groups in total. The fourth-order valence-electron chi connectivity index (χ4n) is 3.46. The summed E-state index contributed by atoms with van der Waals surface area (Å²) >= 11 is 0. The molecule has 0 spiro atoms. The lowest BCUT2D eigenvalue weighted by molar-refractivity contribution is 0.0710. The lowest BCUT2D eigenvalue weighted by Crippen LogP contribution is -2.38. The van der Waals surface area contributed by atoms with Crippen molar-refractivity contribution in [2.24, 2.45) is 0 Å². The van der Waals surface area contributed by atoms with Crippen LogP contribution in [0.5, 0.6) is 0 Å². The molecule has 2 rings (SSSR count). The number of nitrogens with zero attached hydrogens (tertiary/aromatic N) is 1. The number of nitrogens with one attached hydrogen (secondary N) is 1. The van der Waals surface area contributed by atoms with Gasteiger partial charge >= 0.3 is 0 Å². The molecule has 1 aliphatic heterocycles. The van der Waals surface area contributed by atoms with Crippen LogP contribution in [-0.4, -0.2) is 35.6 Å². The minimum Gasteiger partial charge on any atom is -0.394 e. The van der Waals surface area contributed by atoms with Gasteiger partial charge in [0.1, 0.15) is 0 Å². The molecule has 0 fully saturated rings. The van der Waals surface area contributed by atoms with E-state index < -0.39 is 0 Å². The van der Waals surface area contributed by atoms with Crippen molar-refractivity contribution in [2.45, 2.75) is 54.0 Å². The second-order valence-corrected chi connectivity index (χ2v) is 6.43. The molecule has 1 aromatic rings. The Labute approximate surface area is 140 Å². The van der Waals surface area contributed by atoms with Gasteiger partial charge in [-0.15, -0.1) is 0 Å². The number of amides is 1. The third kappa shape index (κ3) is 2.65. The molecule has 23 heavy (non-hydrogen) atoms. The van der Waals surface area contributed by atoms with Crippen LogP contribution < -0.4 is 5.32 Å². The number of allylic oxidation sites excluding steroid dienone is 1. The van der Waals surface area contributed by atoms with Crippen LogP contribution in [-0.2, 0) is 0 Å². The van der Waals surface area contributed by atoms with Crippen LogP contribution in [0.15, 0.2) is 11.3 Å². The van der Waals surface area contributed by atoms with E-state index in [2.05, 4.69) is 5.32 Å². The van der Waals surface area contributed by atoms with Crippen molar-refractivity contribution in [3.63, 3.8) is 0 Å². The molecule has 1 atom stereocenters. The molecular formula is C19H28N2O2. The second kappa shape index (κ2) is 6.36. The Kier molecular flexibility index (Phi) is 4.44. The van der Waals surface area contributed by atoms with E-state index in [1.165, 1.54) is 0 Å². The zero-order valence-corrected chi connectivity index (χ0v) is 15.0. The van der Waals surface area contributed by atoms with Crippen molar-refractivity contribution in [2.75, 3.05) is 19.0 Å². The lowest BCUT2D eigenvalue weighted by atomic mass is 9.91. The summed E-state index contributed by atoms with van der Waals surface area (Å²) in [7, 11) is 1.81. The van der Waals surface area contributed by atoms with Gasteiger partial charge < -0.3 is 15.3 Å². The highest BCUT2D eigenvalue weighted by molar-refractivity contribution is 6.03. The van der Waals surface area contributed by atoms with Gasteiger partial charge in [0.05, 0.1) is 23.9 Å². The average molecular weight is 317 g/mol. The van der Waals surface area contributed by atoms with Gasteiger partial charge in [0.15, 0.2) is 0 Å². The van der Waals surface area contributed by atoms with Gasteiger partial charge in [0.2, 0.25) is 0 Å². The Morgan fingerprint density at radius 1 is 1.22 bits per heavy atom. The van der Waals surface area contributed by atoms with E-state index in [4.69, 9.17) is 1.37 Å². The fourth-order valence-corrected chi connectivity index (χ4v) is 3.46. The molecule has 0 aromatic heterocycles. The van der Waals surface area contributed by atoms with Crippen molar-refractivity contribution in [3.8, 4) is 0 Å². The number of carbonyl (C=O) groups is 1. The molecule has 4 nitrogen and oxygen atoms in total. The number of carbonyl (C=O) groups excluding carboxylic acids is 1. The van der Waals surface area contributed by atoms with Crippen molar-refractivity contribution in [1.82, 2.24) is 4.90 Å². The molecule has 1 aliphatic rings. The molecule has 0 bridgehead atoms. The maximum Gasteiger partial charge on any atom is 0.260 e. The van der Waals surface area contributed by atoms with E-state index in [0.717, 1.165) is 39.2 Å². The molecule has 0 saturated carbocycles. The molecule has 1 heterocycles. The number of benzene rings is 1. The SMILES string of the molecule is [2H]Cc1c(C)c(C)c(C(=O)N2C(C)=C(C)C[C@H]2CO)c(NC)c1C. The Bertz CT molecular complexity index is 710. The maximum absolute atomic E-state index is 13.4. The molecule has 0 aliphatic carbocycles. The molecule has 0 unspecified atom stereocenters. The first-order valence-electron chi connectivity index (χ1n) is 8.71. The largest absolute Gasteiger partial charge is 0.394 e. The Morgan fingerprint density at radius 2 is 1.87 bits per heavy atom.